The number of halogens is 4. The van der Waals surface area contributed by atoms with Crippen molar-refractivity contribution in [3.05, 3.63) is 46.8 Å². The first-order chi connectivity index (χ1) is 13.7. The molecule has 1 heterocycles. The molecule has 1 aromatic carbocycles. The van der Waals surface area contributed by atoms with Crippen LogP contribution in [-0.4, -0.2) is 27.5 Å². The van der Waals surface area contributed by atoms with E-state index >= 15 is 0 Å². The van der Waals surface area contributed by atoms with E-state index in [1.165, 1.54) is 6.07 Å². The lowest BCUT2D eigenvalue weighted by molar-refractivity contribution is -0.137. The Bertz CT molecular complexity index is 927. The number of anilines is 1. The predicted molar refractivity (Wildman–Crippen MR) is 102 cm³/mol. The maximum atomic E-state index is 13.3. The summed E-state index contributed by atoms with van der Waals surface area (Å²) in [6, 6.07) is 2.39. The molecule has 2 N–H and O–H groups in total. The first-order valence-electron chi connectivity index (χ1n) is 9.08. The van der Waals surface area contributed by atoms with Gasteiger partial charge in [-0.2, -0.15) is 18.3 Å². The minimum atomic E-state index is -4.67. The quantitative estimate of drug-likeness (QED) is 0.574. The molecule has 0 saturated heterocycles. The van der Waals surface area contributed by atoms with Gasteiger partial charge < -0.3 is 10.6 Å². The van der Waals surface area contributed by atoms with E-state index in [9.17, 15) is 22.8 Å². The van der Waals surface area contributed by atoms with E-state index in [0.717, 1.165) is 42.7 Å². The lowest BCUT2D eigenvalue weighted by atomic mass is 10.0. The van der Waals surface area contributed by atoms with Crippen LogP contribution in [0.4, 0.5) is 18.9 Å². The van der Waals surface area contributed by atoms with E-state index in [0.29, 0.717) is 6.42 Å². The van der Waals surface area contributed by atoms with Crippen molar-refractivity contribution in [1.82, 2.24) is 15.1 Å². The second-order valence-corrected chi connectivity index (χ2v) is 7.20. The molecular formula is C19H20ClF3N4O2. The van der Waals surface area contributed by atoms with Gasteiger partial charge in [0.1, 0.15) is 5.88 Å². The Labute approximate surface area is 170 Å². The molecule has 2 amide bonds. The molecule has 1 unspecified atom stereocenters. The smallest absolute Gasteiger partial charge is 0.344 e. The molecule has 0 radical (unpaired) electrons. The van der Waals surface area contributed by atoms with Crippen molar-refractivity contribution in [2.75, 3.05) is 11.2 Å². The summed E-state index contributed by atoms with van der Waals surface area (Å²) in [5.74, 6) is -1.74. The number of alkyl halides is 4. The van der Waals surface area contributed by atoms with Gasteiger partial charge in [0.15, 0.2) is 0 Å². The fourth-order valence-electron chi connectivity index (χ4n) is 3.51. The highest BCUT2D eigenvalue weighted by atomic mass is 35.5. The maximum absolute atomic E-state index is 13.3. The molecule has 10 heteroatoms. The van der Waals surface area contributed by atoms with Gasteiger partial charge in [0.05, 0.1) is 23.5 Å². The van der Waals surface area contributed by atoms with Crippen LogP contribution in [0.25, 0.3) is 0 Å². The van der Waals surface area contributed by atoms with Gasteiger partial charge in [0.25, 0.3) is 5.91 Å². The zero-order valence-electron chi connectivity index (χ0n) is 15.6. The van der Waals surface area contributed by atoms with Crippen molar-refractivity contribution in [3.8, 4) is 0 Å². The topological polar surface area (TPSA) is 76.0 Å². The minimum Gasteiger partial charge on any atom is -0.344 e. The number of carbonyl (C=O) groups is 2. The van der Waals surface area contributed by atoms with Crippen LogP contribution in [0.5, 0.6) is 0 Å². The Morgan fingerprint density at radius 2 is 2.03 bits per heavy atom. The van der Waals surface area contributed by atoms with Gasteiger partial charge in [-0.25, -0.2) is 0 Å². The Hall–Kier alpha value is -2.55. The molecule has 1 aliphatic carbocycles. The van der Waals surface area contributed by atoms with Crippen LogP contribution >= 0.6 is 11.6 Å². The summed E-state index contributed by atoms with van der Waals surface area (Å²) in [5, 5.41) is 9.32. The minimum absolute atomic E-state index is 0.141. The van der Waals surface area contributed by atoms with Gasteiger partial charge >= 0.3 is 6.18 Å². The van der Waals surface area contributed by atoms with E-state index in [1.54, 1.807) is 17.9 Å². The summed E-state index contributed by atoms with van der Waals surface area (Å²) in [4.78, 5) is 24.3. The third kappa shape index (κ3) is 4.90. The van der Waals surface area contributed by atoms with Crippen LogP contribution < -0.4 is 10.6 Å². The number of aromatic nitrogens is 2. The van der Waals surface area contributed by atoms with Crippen LogP contribution in [0.1, 0.15) is 52.5 Å². The largest absolute Gasteiger partial charge is 0.416 e. The zero-order valence-corrected chi connectivity index (χ0v) is 16.4. The number of hydrogen-bond donors (Lipinski definition) is 2. The molecule has 6 nitrogen and oxygen atoms in total. The molecule has 0 spiro atoms. The predicted octanol–water partition coefficient (Wildman–Crippen LogP) is 3.81. The van der Waals surface area contributed by atoms with Gasteiger partial charge in [0, 0.05) is 18.3 Å². The van der Waals surface area contributed by atoms with Crippen LogP contribution in [-0.2, 0) is 24.4 Å². The van der Waals surface area contributed by atoms with Gasteiger partial charge in [-0.3, -0.25) is 14.3 Å². The monoisotopic (exact) mass is 428 g/mol. The maximum Gasteiger partial charge on any atom is 0.416 e. The molecule has 0 saturated carbocycles. The number of fused-ring (bicyclic) bond motifs is 1. The summed E-state index contributed by atoms with van der Waals surface area (Å²) < 4.78 is 41.5. The molecule has 0 bridgehead atoms. The second-order valence-electron chi connectivity index (χ2n) is 6.93. The normalized spacial score (nSPS) is 16.7. The SMILES string of the molecule is Cn1ncc2c1C(NC(=O)c1cc(NC(=O)CCl)cc(C(F)(F)F)c1)CCCC2. The second kappa shape index (κ2) is 8.44. The summed E-state index contributed by atoms with van der Waals surface area (Å²) in [6.45, 7) is 0. The number of amides is 2. The Balaban J connectivity index is 1.91. The lowest BCUT2D eigenvalue weighted by Gasteiger charge is -2.19. The molecular weight excluding hydrogens is 409 g/mol. The summed E-state index contributed by atoms with van der Waals surface area (Å²) >= 11 is 5.41. The molecule has 2 aromatic rings. The van der Waals surface area contributed by atoms with Crippen molar-refractivity contribution in [2.45, 2.75) is 37.9 Å². The van der Waals surface area contributed by atoms with Crippen molar-refractivity contribution >= 4 is 29.1 Å². The van der Waals surface area contributed by atoms with E-state index in [4.69, 9.17) is 11.6 Å². The van der Waals surface area contributed by atoms with Gasteiger partial charge in [-0.15, -0.1) is 11.6 Å². The number of rotatable bonds is 4. The van der Waals surface area contributed by atoms with Crippen molar-refractivity contribution in [1.29, 1.82) is 0 Å². The van der Waals surface area contributed by atoms with Crippen molar-refractivity contribution in [2.24, 2.45) is 7.05 Å². The van der Waals surface area contributed by atoms with Crippen molar-refractivity contribution < 1.29 is 22.8 Å². The molecule has 1 aromatic heterocycles. The lowest BCUT2D eigenvalue weighted by Crippen LogP contribution is -2.30. The summed E-state index contributed by atoms with van der Waals surface area (Å²) in [5.41, 5.74) is 0.514. The number of aryl methyl sites for hydroxylation is 2. The summed E-state index contributed by atoms with van der Waals surface area (Å²) in [6.07, 6.45) is 0.404. The van der Waals surface area contributed by atoms with Gasteiger partial charge in [-0.1, -0.05) is 6.42 Å². The van der Waals surface area contributed by atoms with E-state index < -0.39 is 29.4 Å². The van der Waals surface area contributed by atoms with Crippen LogP contribution in [0.2, 0.25) is 0 Å². The Morgan fingerprint density at radius 1 is 1.28 bits per heavy atom. The standard InChI is InChI=1S/C19H20ClF3N4O2/c1-27-17-11(10-24-27)4-2-3-5-15(17)26-18(29)12-6-13(19(21,22)23)8-14(7-12)25-16(28)9-20/h6-8,10,15H,2-5,9H2,1H3,(H,25,28)(H,26,29). The van der Waals surface area contributed by atoms with E-state index in [2.05, 4.69) is 15.7 Å². The molecule has 3 rings (SSSR count). The first kappa shape index (κ1) is 21.2. The zero-order chi connectivity index (χ0) is 21.2. The van der Waals surface area contributed by atoms with Crippen LogP contribution in [0.15, 0.2) is 24.4 Å². The third-order valence-electron chi connectivity index (χ3n) is 4.82. The fraction of sp³-hybridized carbons (Fsp3) is 0.421. The number of carbonyl (C=O) groups excluding carboxylic acids is 2. The summed E-state index contributed by atoms with van der Waals surface area (Å²) in [7, 11) is 1.77. The van der Waals surface area contributed by atoms with E-state index in [-0.39, 0.29) is 17.3 Å². The average Bonchev–Trinajstić information content (AvgIpc) is 2.91. The molecule has 29 heavy (non-hydrogen) atoms. The first-order valence-corrected chi connectivity index (χ1v) is 9.62. The highest BCUT2D eigenvalue weighted by Gasteiger charge is 2.32. The van der Waals surface area contributed by atoms with Crippen molar-refractivity contribution in [3.63, 3.8) is 0 Å². The molecule has 156 valence electrons. The third-order valence-corrected chi connectivity index (χ3v) is 5.06. The number of nitrogens with zero attached hydrogens (tertiary/aromatic N) is 2. The fourth-order valence-corrected chi connectivity index (χ4v) is 3.57. The van der Waals surface area contributed by atoms with Crippen LogP contribution in [0, 0.1) is 0 Å². The number of nitrogens with one attached hydrogen (secondary N) is 2. The molecule has 0 aliphatic heterocycles. The Morgan fingerprint density at radius 3 is 2.72 bits per heavy atom. The average molecular weight is 429 g/mol. The number of benzene rings is 1. The van der Waals surface area contributed by atoms with E-state index in [1.807, 2.05) is 0 Å². The highest BCUT2D eigenvalue weighted by Crippen LogP contribution is 2.33. The molecule has 1 aliphatic rings. The Kier molecular flexibility index (Phi) is 6.16. The number of hydrogen-bond acceptors (Lipinski definition) is 3. The highest BCUT2D eigenvalue weighted by molar-refractivity contribution is 6.29. The molecule has 1 atom stereocenters. The van der Waals surface area contributed by atoms with Gasteiger partial charge in [0.2, 0.25) is 5.91 Å². The van der Waals surface area contributed by atoms with Gasteiger partial charge in [-0.05, 0) is 43.0 Å². The van der Waals surface area contributed by atoms with Crippen LogP contribution in [0.3, 0.4) is 0 Å². The molecule has 0 fully saturated rings.